The topological polar surface area (TPSA) is 94.0 Å². The maximum absolute atomic E-state index is 12.2. The van der Waals surface area contributed by atoms with Crippen LogP contribution in [0.1, 0.15) is 17.0 Å². The number of ether oxygens (including phenoxy) is 2. The lowest BCUT2D eigenvalue weighted by molar-refractivity contribution is -0.136. The molecule has 166 valence electrons. The van der Waals surface area contributed by atoms with Crippen molar-refractivity contribution in [2.75, 3.05) is 19.5 Å². The molecule has 2 amide bonds. The third-order valence-electron chi connectivity index (χ3n) is 4.77. The summed E-state index contributed by atoms with van der Waals surface area (Å²) in [5, 5.41) is 6.44. The van der Waals surface area contributed by atoms with Crippen LogP contribution in [0.5, 0.6) is 11.5 Å². The Bertz CT molecular complexity index is 1190. The first-order valence-corrected chi connectivity index (χ1v) is 10.4. The van der Waals surface area contributed by atoms with Gasteiger partial charge in [-0.2, -0.15) is 5.10 Å². The number of benzene rings is 2. The maximum Gasteiger partial charge on any atom is 0.329 e. The molecular weight excluding hydrogens is 476 g/mol. The number of carbonyl (C=O) groups is 2. The van der Waals surface area contributed by atoms with E-state index >= 15 is 0 Å². The number of amides is 2. The number of halogens is 1. The van der Waals surface area contributed by atoms with E-state index in [0.717, 1.165) is 27.1 Å². The number of aryl methyl sites for hydroxylation is 1. The van der Waals surface area contributed by atoms with Crippen molar-refractivity contribution >= 4 is 39.6 Å². The number of hydrazone groups is 1. The number of anilines is 1. The summed E-state index contributed by atoms with van der Waals surface area (Å²) >= 11 is 3.49. The predicted molar refractivity (Wildman–Crippen MR) is 127 cm³/mol. The van der Waals surface area contributed by atoms with Gasteiger partial charge in [-0.1, -0.05) is 22.0 Å². The van der Waals surface area contributed by atoms with Crippen molar-refractivity contribution < 1.29 is 19.1 Å². The van der Waals surface area contributed by atoms with Gasteiger partial charge < -0.3 is 19.4 Å². The fraction of sp³-hybridized carbons (Fsp3) is 0.174. The normalized spacial score (nSPS) is 10.8. The molecule has 3 aromatic rings. The Balaban J connectivity index is 1.68. The van der Waals surface area contributed by atoms with Gasteiger partial charge in [0, 0.05) is 33.2 Å². The van der Waals surface area contributed by atoms with Gasteiger partial charge in [-0.05, 0) is 50.2 Å². The Morgan fingerprint density at radius 1 is 1.03 bits per heavy atom. The van der Waals surface area contributed by atoms with Crippen molar-refractivity contribution in [2.24, 2.45) is 5.10 Å². The van der Waals surface area contributed by atoms with Crippen LogP contribution in [0, 0.1) is 13.8 Å². The van der Waals surface area contributed by atoms with E-state index < -0.39 is 11.8 Å². The third kappa shape index (κ3) is 5.17. The highest BCUT2D eigenvalue weighted by Crippen LogP contribution is 2.29. The summed E-state index contributed by atoms with van der Waals surface area (Å²) in [4.78, 5) is 24.4. The Labute approximate surface area is 194 Å². The first-order valence-electron chi connectivity index (χ1n) is 9.65. The molecule has 0 aliphatic heterocycles. The lowest BCUT2D eigenvalue weighted by atomic mass is 10.2. The lowest BCUT2D eigenvalue weighted by Crippen LogP contribution is -2.32. The molecule has 1 heterocycles. The summed E-state index contributed by atoms with van der Waals surface area (Å²) in [6.45, 7) is 3.94. The first kappa shape index (κ1) is 23.1. The number of rotatable bonds is 6. The Morgan fingerprint density at radius 3 is 2.50 bits per heavy atom. The smallest absolute Gasteiger partial charge is 0.329 e. The molecule has 0 spiro atoms. The van der Waals surface area contributed by atoms with Crippen LogP contribution >= 0.6 is 15.9 Å². The van der Waals surface area contributed by atoms with Crippen LogP contribution in [0.4, 0.5) is 5.69 Å². The SMILES string of the molecule is COc1ccc(NC(=O)C(=O)N/N=C\c2cc(C)n(-c3cccc(Br)c3)c2C)c(OC)c1. The van der Waals surface area contributed by atoms with Crippen LogP contribution in [0.3, 0.4) is 0 Å². The van der Waals surface area contributed by atoms with Crippen molar-refractivity contribution in [2.45, 2.75) is 13.8 Å². The molecule has 2 N–H and O–H groups in total. The molecule has 32 heavy (non-hydrogen) atoms. The minimum Gasteiger partial charge on any atom is -0.497 e. The summed E-state index contributed by atoms with van der Waals surface area (Å²) in [5.41, 5.74) is 6.38. The molecule has 3 rings (SSSR count). The van der Waals surface area contributed by atoms with E-state index in [0.29, 0.717) is 17.2 Å². The molecule has 0 saturated carbocycles. The van der Waals surface area contributed by atoms with E-state index in [1.54, 1.807) is 18.2 Å². The molecule has 0 unspecified atom stereocenters. The largest absolute Gasteiger partial charge is 0.497 e. The van der Waals surface area contributed by atoms with E-state index in [-0.39, 0.29) is 0 Å². The van der Waals surface area contributed by atoms with Crippen molar-refractivity contribution in [3.63, 3.8) is 0 Å². The van der Waals surface area contributed by atoms with Gasteiger partial charge in [-0.15, -0.1) is 0 Å². The quantitative estimate of drug-likeness (QED) is 0.305. The number of carbonyl (C=O) groups excluding carboxylic acids is 2. The van der Waals surface area contributed by atoms with Gasteiger partial charge in [0.1, 0.15) is 11.5 Å². The summed E-state index contributed by atoms with van der Waals surface area (Å²) in [6.07, 6.45) is 1.51. The minimum atomic E-state index is -0.903. The van der Waals surface area contributed by atoms with Gasteiger partial charge in [0.05, 0.1) is 26.1 Å². The van der Waals surface area contributed by atoms with Gasteiger partial charge >= 0.3 is 11.8 Å². The highest BCUT2D eigenvalue weighted by molar-refractivity contribution is 9.10. The van der Waals surface area contributed by atoms with Gasteiger partial charge in [-0.3, -0.25) is 9.59 Å². The second-order valence-corrected chi connectivity index (χ2v) is 7.78. The molecular formula is C23H23BrN4O4. The Hall–Kier alpha value is -3.59. The van der Waals surface area contributed by atoms with E-state index in [4.69, 9.17) is 9.47 Å². The zero-order valence-electron chi connectivity index (χ0n) is 18.1. The fourth-order valence-corrected chi connectivity index (χ4v) is 3.61. The molecule has 8 nitrogen and oxygen atoms in total. The van der Waals surface area contributed by atoms with Gasteiger partial charge in [0.15, 0.2) is 0 Å². The van der Waals surface area contributed by atoms with Crippen LogP contribution in [-0.4, -0.2) is 36.8 Å². The standard InChI is InChI=1S/C23H23BrN4O4/c1-14-10-16(15(2)28(14)18-7-5-6-17(24)11-18)13-25-27-23(30)22(29)26-20-9-8-19(31-3)12-21(20)32-4/h5-13H,1-4H3,(H,26,29)(H,27,30)/b25-13-. The predicted octanol–water partition coefficient (Wildman–Crippen LogP) is 3.96. The molecule has 0 bridgehead atoms. The average molecular weight is 499 g/mol. The number of methoxy groups -OCH3 is 2. The van der Waals surface area contributed by atoms with Crippen LogP contribution < -0.4 is 20.2 Å². The van der Waals surface area contributed by atoms with E-state index in [2.05, 4.69) is 36.3 Å². The van der Waals surface area contributed by atoms with E-state index in [9.17, 15) is 9.59 Å². The van der Waals surface area contributed by atoms with Crippen LogP contribution in [-0.2, 0) is 9.59 Å². The number of hydrogen-bond acceptors (Lipinski definition) is 5. The molecule has 0 radical (unpaired) electrons. The fourth-order valence-electron chi connectivity index (χ4n) is 3.22. The number of nitrogens with zero attached hydrogens (tertiary/aromatic N) is 2. The molecule has 0 aliphatic rings. The molecule has 0 saturated heterocycles. The highest BCUT2D eigenvalue weighted by atomic mass is 79.9. The molecule has 0 atom stereocenters. The van der Waals surface area contributed by atoms with Gasteiger partial charge in [0.2, 0.25) is 0 Å². The van der Waals surface area contributed by atoms with Crippen LogP contribution in [0.15, 0.2) is 58.1 Å². The summed E-state index contributed by atoms with van der Waals surface area (Å²) in [5.74, 6) is -0.839. The van der Waals surface area contributed by atoms with Gasteiger partial charge in [-0.25, -0.2) is 5.43 Å². The summed E-state index contributed by atoms with van der Waals surface area (Å²) in [7, 11) is 2.98. The zero-order chi connectivity index (χ0) is 23.3. The third-order valence-corrected chi connectivity index (χ3v) is 5.26. The van der Waals surface area contributed by atoms with E-state index in [1.165, 1.54) is 20.4 Å². The van der Waals surface area contributed by atoms with Crippen LogP contribution in [0.2, 0.25) is 0 Å². The first-order chi connectivity index (χ1) is 15.3. The van der Waals surface area contributed by atoms with Crippen molar-refractivity contribution in [3.05, 3.63) is 70.0 Å². The monoisotopic (exact) mass is 498 g/mol. The second-order valence-electron chi connectivity index (χ2n) is 6.86. The van der Waals surface area contributed by atoms with E-state index in [1.807, 2.05) is 44.2 Å². The van der Waals surface area contributed by atoms with Crippen molar-refractivity contribution in [1.82, 2.24) is 9.99 Å². The highest BCUT2D eigenvalue weighted by Gasteiger charge is 2.16. The zero-order valence-corrected chi connectivity index (χ0v) is 19.7. The second kappa shape index (κ2) is 10.1. The summed E-state index contributed by atoms with van der Waals surface area (Å²) in [6, 6.07) is 14.7. The average Bonchev–Trinajstić information content (AvgIpc) is 3.06. The Kier molecular flexibility index (Phi) is 7.32. The Morgan fingerprint density at radius 2 is 1.81 bits per heavy atom. The van der Waals surface area contributed by atoms with Crippen molar-refractivity contribution in [1.29, 1.82) is 0 Å². The molecule has 0 aliphatic carbocycles. The number of aromatic nitrogens is 1. The summed E-state index contributed by atoms with van der Waals surface area (Å²) < 4.78 is 13.4. The minimum absolute atomic E-state index is 0.343. The number of nitrogens with one attached hydrogen (secondary N) is 2. The van der Waals surface area contributed by atoms with Crippen LogP contribution in [0.25, 0.3) is 5.69 Å². The molecule has 1 aromatic heterocycles. The molecule has 2 aromatic carbocycles. The lowest BCUT2D eigenvalue weighted by Gasteiger charge is -2.11. The maximum atomic E-state index is 12.2. The number of hydrogen-bond donors (Lipinski definition) is 2. The molecule has 9 heteroatoms. The van der Waals surface area contributed by atoms with Crippen molar-refractivity contribution in [3.8, 4) is 17.2 Å². The van der Waals surface area contributed by atoms with Gasteiger partial charge in [0.25, 0.3) is 0 Å². The molecule has 0 fully saturated rings.